The van der Waals surface area contributed by atoms with Crippen LogP contribution in [0.1, 0.15) is 18.2 Å². The third-order valence-corrected chi connectivity index (χ3v) is 4.07. The molecule has 2 aromatic rings. The maximum atomic E-state index is 12.6. The van der Waals surface area contributed by atoms with Gasteiger partial charge in [0.05, 0.1) is 5.69 Å². The van der Waals surface area contributed by atoms with Crippen LogP contribution in [0.4, 0.5) is 13.2 Å². The molecule has 1 unspecified atom stereocenters. The third-order valence-electron chi connectivity index (χ3n) is 4.07. The lowest BCUT2D eigenvalue weighted by molar-refractivity contribution is -0.274. The van der Waals surface area contributed by atoms with Crippen LogP contribution in [0.3, 0.4) is 0 Å². The Morgan fingerprint density at radius 2 is 1.85 bits per heavy atom. The number of ether oxygens (including phenoxy) is 4. The van der Waals surface area contributed by atoms with Crippen LogP contribution >= 0.6 is 0 Å². The smallest absolute Gasteiger partial charge is 0.477 e. The van der Waals surface area contributed by atoms with Gasteiger partial charge in [-0.2, -0.15) is 0 Å². The van der Waals surface area contributed by atoms with E-state index in [-0.39, 0.29) is 5.75 Å². The van der Waals surface area contributed by atoms with Crippen molar-refractivity contribution in [3.8, 4) is 11.5 Å². The van der Waals surface area contributed by atoms with Gasteiger partial charge in [0.1, 0.15) is 11.5 Å². The summed E-state index contributed by atoms with van der Waals surface area (Å²) in [5.41, 5.74) is 0.573. The van der Waals surface area contributed by atoms with E-state index in [1.54, 1.807) is 37.4 Å². The van der Waals surface area contributed by atoms with Crippen molar-refractivity contribution in [2.75, 3.05) is 14.2 Å². The van der Waals surface area contributed by atoms with Crippen LogP contribution in [-0.4, -0.2) is 37.5 Å². The molecule has 0 spiro atoms. The molecule has 5 nitrogen and oxygen atoms in total. The molecule has 0 radical (unpaired) electrons. The number of pyridine rings is 1. The lowest BCUT2D eigenvalue weighted by Gasteiger charge is -2.38. The zero-order valence-corrected chi connectivity index (χ0v) is 14.9. The van der Waals surface area contributed by atoms with Crippen molar-refractivity contribution in [2.24, 2.45) is 0 Å². The predicted octanol–water partition coefficient (Wildman–Crippen LogP) is 4.18. The largest absolute Gasteiger partial charge is 0.573 e. The third kappa shape index (κ3) is 4.06. The molecule has 0 amide bonds. The van der Waals surface area contributed by atoms with Gasteiger partial charge in [0.2, 0.25) is 6.29 Å². The SMILES string of the molecule is COC(OC)C1(C)C=C(c2ccccn2)c2cc(OC(F)(F)F)ccc2O1. The highest BCUT2D eigenvalue weighted by Crippen LogP contribution is 2.42. The molecule has 0 aliphatic carbocycles. The number of nitrogens with zero attached hydrogens (tertiary/aromatic N) is 1. The molecule has 1 aromatic heterocycles. The molecule has 3 rings (SSSR count). The number of benzene rings is 1. The van der Waals surface area contributed by atoms with E-state index in [0.29, 0.717) is 22.6 Å². The highest BCUT2D eigenvalue weighted by atomic mass is 19.4. The fourth-order valence-corrected chi connectivity index (χ4v) is 3.05. The molecule has 27 heavy (non-hydrogen) atoms. The molecule has 8 heteroatoms. The van der Waals surface area contributed by atoms with E-state index in [9.17, 15) is 13.2 Å². The van der Waals surface area contributed by atoms with E-state index >= 15 is 0 Å². The van der Waals surface area contributed by atoms with Gasteiger partial charge in [-0.25, -0.2) is 0 Å². The first-order chi connectivity index (χ1) is 12.8. The molecule has 0 saturated heterocycles. The summed E-state index contributed by atoms with van der Waals surface area (Å²) in [6.07, 6.45) is -2.20. The summed E-state index contributed by atoms with van der Waals surface area (Å²) in [5.74, 6) is 0.0274. The first-order valence-electron chi connectivity index (χ1n) is 8.05. The Labute approximate surface area is 154 Å². The number of methoxy groups -OCH3 is 2. The predicted molar refractivity (Wildman–Crippen MR) is 91.3 cm³/mol. The average molecular weight is 381 g/mol. The van der Waals surface area contributed by atoms with Crippen molar-refractivity contribution in [1.29, 1.82) is 0 Å². The summed E-state index contributed by atoms with van der Waals surface area (Å²) in [5, 5.41) is 0. The van der Waals surface area contributed by atoms with Gasteiger partial charge in [-0.1, -0.05) is 6.07 Å². The van der Waals surface area contributed by atoms with E-state index in [0.717, 1.165) is 0 Å². The van der Waals surface area contributed by atoms with Crippen LogP contribution in [0.25, 0.3) is 5.57 Å². The Kier molecular flexibility index (Phi) is 5.12. The van der Waals surface area contributed by atoms with Crippen LogP contribution in [0.15, 0.2) is 48.7 Å². The normalized spacial score (nSPS) is 19.3. The Morgan fingerprint density at radius 3 is 2.44 bits per heavy atom. The molecule has 0 fully saturated rings. The number of fused-ring (bicyclic) bond motifs is 1. The summed E-state index contributed by atoms with van der Waals surface area (Å²) >= 11 is 0. The summed E-state index contributed by atoms with van der Waals surface area (Å²) in [4.78, 5) is 4.31. The van der Waals surface area contributed by atoms with E-state index < -0.39 is 18.3 Å². The molecule has 1 aromatic carbocycles. The Hall–Kier alpha value is -2.58. The summed E-state index contributed by atoms with van der Waals surface area (Å²) in [6.45, 7) is 1.76. The molecule has 0 bridgehead atoms. The summed E-state index contributed by atoms with van der Waals surface area (Å²) in [7, 11) is 2.96. The van der Waals surface area contributed by atoms with Gasteiger partial charge in [0.25, 0.3) is 0 Å². The highest BCUT2D eigenvalue weighted by Gasteiger charge is 2.40. The molecule has 0 N–H and O–H groups in total. The van der Waals surface area contributed by atoms with E-state index in [4.69, 9.17) is 14.2 Å². The summed E-state index contributed by atoms with van der Waals surface area (Å²) < 4.78 is 58.5. The van der Waals surface area contributed by atoms with Gasteiger partial charge in [-0.3, -0.25) is 4.98 Å². The van der Waals surface area contributed by atoms with Crippen molar-refractivity contribution < 1.29 is 32.1 Å². The molecule has 0 saturated carbocycles. The first-order valence-corrected chi connectivity index (χ1v) is 8.05. The van der Waals surface area contributed by atoms with Gasteiger partial charge in [0.15, 0.2) is 5.60 Å². The molecular weight excluding hydrogens is 363 g/mol. The van der Waals surface area contributed by atoms with Crippen LogP contribution in [0, 0.1) is 0 Å². The van der Waals surface area contributed by atoms with E-state index in [2.05, 4.69) is 9.72 Å². The minimum absolute atomic E-state index is 0.342. The zero-order chi connectivity index (χ0) is 19.7. The van der Waals surface area contributed by atoms with Gasteiger partial charge >= 0.3 is 6.36 Å². The molecule has 144 valence electrons. The second-order valence-electron chi connectivity index (χ2n) is 6.07. The van der Waals surface area contributed by atoms with Crippen molar-refractivity contribution in [1.82, 2.24) is 4.98 Å². The Bertz CT molecular complexity index is 835. The van der Waals surface area contributed by atoms with Crippen LogP contribution < -0.4 is 9.47 Å². The van der Waals surface area contributed by atoms with Gasteiger partial charge in [-0.15, -0.1) is 13.2 Å². The fraction of sp³-hybridized carbons (Fsp3) is 0.316. The van der Waals surface area contributed by atoms with Crippen molar-refractivity contribution in [2.45, 2.75) is 25.2 Å². The summed E-state index contributed by atoms with van der Waals surface area (Å²) in [6, 6.07) is 9.19. The van der Waals surface area contributed by atoms with Gasteiger partial charge < -0.3 is 18.9 Å². The molecular formula is C19H18F3NO4. The second-order valence-corrected chi connectivity index (χ2v) is 6.07. The van der Waals surface area contributed by atoms with Crippen molar-refractivity contribution >= 4 is 5.57 Å². The quantitative estimate of drug-likeness (QED) is 0.728. The lowest BCUT2D eigenvalue weighted by Crippen LogP contribution is -2.47. The molecule has 2 heterocycles. The Balaban J connectivity index is 2.13. The highest BCUT2D eigenvalue weighted by molar-refractivity contribution is 5.84. The van der Waals surface area contributed by atoms with Gasteiger partial charge in [0, 0.05) is 31.6 Å². The lowest BCUT2D eigenvalue weighted by atomic mass is 9.90. The van der Waals surface area contributed by atoms with Crippen molar-refractivity contribution in [3.63, 3.8) is 0 Å². The van der Waals surface area contributed by atoms with Crippen LogP contribution in [0.2, 0.25) is 0 Å². The minimum Gasteiger partial charge on any atom is -0.477 e. The number of rotatable bonds is 5. The minimum atomic E-state index is -4.79. The Morgan fingerprint density at radius 1 is 1.11 bits per heavy atom. The molecule has 1 aliphatic heterocycles. The van der Waals surface area contributed by atoms with Crippen LogP contribution in [-0.2, 0) is 9.47 Å². The number of alkyl halides is 3. The van der Waals surface area contributed by atoms with Gasteiger partial charge in [-0.05, 0) is 43.3 Å². The second kappa shape index (κ2) is 7.21. The zero-order valence-electron chi connectivity index (χ0n) is 14.9. The fourth-order valence-electron chi connectivity index (χ4n) is 3.05. The first kappa shape index (κ1) is 19.2. The van der Waals surface area contributed by atoms with E-state index in [1.165, 1.54) is 32.4 Å². The van der Waals surface area contributed by atoms with Crippen molar-refractivity contribution in [3.05, 3.63) is 59.9 Å². The number of hydrogen-bond donors (Lipinski definition) is 0. The standard InChI is InChI=1S/C19H18F3NO4/c1-18(17(24-2)25-3)11-14(15-6-4-5-9-23-15)13-10-12(26-19(20,21)22)7-8-16(13)27-18/h4-11,17H,1-3H3. The number of aromatic nitrogens is 1. The average Bonchev–Trinajstić information content (AvgIpc) is 2.62. The maximum absolute atomic E-state index is 12.6. The number of hydrogen-bond acceptors (Lipinski definition) is 5. The molecule has 1 aliphatic rings. The maximum Gasteiger partial charge on any atom is 0.573 e. The van der Waals surface area contributed by atoms with E-state index in [1.807, 2.05) is 0 Å². The number of halogens is 3. The van der Waals surface area contributed by atoms with Crippen LogP contribution in [0.5, 0.6) is 11.5 Å². The molecule has 1 atom stereocenters. The topological polar surface area (TPSA) is 49.8 Å². The monoisotopic (exact) mass is 381 g/mol.